The number of hydrogen-bond donors (Lipinski definition) is 0. The van der Waals surface area contributed by atoms with Crippen molar-refractivity contribution in [2.24, 2.45) is 0 Å². The predicted molar refractivity (Wildman–Crippen MR) is 87.9 cm³/mol. The highest BCUT2D eigenvalue weighted by molar-refractivity contribution is 5.94. The Morgan fingerprint density at radius 3 is 2.54 bits per heavy atom. The van der Waals surface area contributed by atoms with E-state index < -0.39 is 0 Å². The lowest BCUT2D eigenvalue weighted by molar-refractivity contribution is 0.0784. The van der Waals surface area contributed by atoms with Gasteiger partial charge >= 0.3 is 0 Å². The van der Waals surface area contributed by atoms with E-state index in [9.17, 15) is 4.79 Å². The van der Waals surface area contributed by atoms with Crippen LogP contribution in [0.5, 0.6) is 23.0 Å². The molecule has 2 aromatic rings. The highest BCUT2D eigenvalue weighted by Crippen LogP contribution is 2.33. The summed E-state index contributed by atoms with van der Waals surface area (Å²) in [6, 6.07) is 10.8. The molecule has 0 N–H and O–H groups in total. The van der Waals surface area contributed by atoms with Crippen molar-refractivity contribution in [1.29, 1.82) is 0 Å². The van der Waals surface area contributed by atoms with Gasteiger partial charge in [-0.25, -0.2) is 0 Å². The lowest BCUT2D eigenvalue weighted by Gasteiger charge is -2.18. The Kier molecular flexibility index (Phi) is 4.46. The Bertz CT molecular complexity index is 759. The van der Waals surface area contributed by atoms with Crippen molar-refractivity contribution in [3.8, 4) is 23.0 Å². The molecule has 6 nitrogen and oxygen atoms in total. The number of methoxy groups -OCH3 is 2. The molecule has 6 heteroatoms. The molecule has 1 aliphatic rings. The van der Waals surface area contributed by atoms with Crippen molar-refractivity contribution in [3.05, 3.63) is 47.5 Å². The molecule has 24 heavy (non-hydrogen) atoms. The summed E-state index contributed by atoms with van der Waals surface area (Å²) in [5.41, 5.74) is 1.51. The van der Waals surface area contributed by atoms with Crippen LogP contribution in [0, 0.1) is 0 Å². The Labute approximate surface area is 140 Å². The van der Waals surface area contributed by atoms with Crippen LogP contribution in [0.4, 0.5) is 0 Å². The third-order valence-electron chi connectivity index (χ3n) is 3.83. The van der Waals surface area contributed by atoms with Gasteiger partial charge in [-0.3, -0.25) is 4.79 Å². The van der Waals surface area contributed by atoms with E-state index in [1.54, 1.807) is 44.4 Å². The van der Waals surface area contributed by atoms with Crippen LogP contribution in [0.2, 0.25) is 0 Å². The molecule has 1 heterocycles. The van der Waals surface area contributed by atoms with Crippen LogP contribution in [0.1, 0.15) is 15.9 Å². The van der Waals surface area contributed by atoms with Gasteiger partial charge in [-0.05, 0) is 35.9 Å². The second-order valence-corrected chi connectivity index (χ2v) is 5.42. The van der Waals surface area contributed by atoms with E-state index in [1.165, 1.54) is 0 Å². The molecule has 0 fully saturated rings. The van der Waals surface area contributed by atoms with Gasteiger partial charge in [0.1, 0.15) is 0 Å². The minimum atomic E-state index is -0.0944. The highest BCUT2D eigenvalue weighted by atomic mass is 16.7. The molecule has 0 radical (unpaired) electrons. The fourth-order valence-electron chi connectivity index (χ4n) is 2.57. The highest BCUT2D eigenvalue weighted by Gasteiger charge is 2.18. The summed E-state index contributed by atoms with van der Waals surface area (Å²) in [5.74, 6) is 2.46. The summed E-state index contributed by atoms with van der Waals surface area (Å²) in [6.07, 6.45) is 0. The SMILES string of the molecule is COc1ccc(CN(C)C(=O)c2ccc3c(c2)OCO3)cc1OC. The number of benzene rings is 2. The molecule has 1 aliphatic heterocycles. The van der Waals surface area contributed by atoms with Gasteiger partial charge in [0.05, 0.1) is 14.2 Å². The summed E-state index contributed by atoms with van der Waals surface area (Å²) in [5, 5.41) is 0. The first-order valence-electron chi connectivity index (χ1n) is 7.48. The summed E-state index contributed by atoms with van der Waals surface area (Å²) < 4.78 is 21.1. The summed E-state index contributed by atoms with van der Waals surface area (Å²) >= 11 is 0. The first-order valence-corrected chi connectivity index (χ1v) is 7.48. The summed E-state index contributed by atoms with van der Waals surface area (Å²) in [6.45, 7) is 0.641. The van der Waals surface area contributed by atoms with Crippen molar-refractivity contribution >= 4 is 5.91 Å². The van der Waals surface area contributed by atoms with Crippen molar-refractivity contribution in [3.63, 3.8) is 0 Å². The van der Waals surface area contributed by atoms with Gasteiger partial charge in [0.2, 0.25) is 6.79 Å². The second-order valence-electron chi connectivity index (χ2n) is 5.42. The molecular formula is C18H19NO5. The molecule has 126 valence electrons. The number of carbonyl (C=O) groups excluding carboxylic acids is 1. The summed E-state index contributed by atoms with van der Waals surface area (Å²) in [7, 11) is 4.93. The Morgan fingerprint density at radius 2 is 1.79 bits per heavy atom. The van der Waals surface area contributed by atoms with Crippen molar-refractivity contribution in [2.75, 3.05) is 28.1 Å². The first kappa shape index (κ1) is 16.0. The van der Waals surface area contributed by atoms with Crippen molar-refractivity contribution in [1.82, 2.24) is 4.90 Å². The van der Waals surface area contributed by atoms with Crippen LogP contribution in [0.15, 0.2) is 36.4 Å². The minimum absolute atomic E-state index is 0.0944. The number of hydrogen-bond acceptors (Lipinski definition) is 5. The summed E-state index contributed by atoms with van der Waals surface area (Å²) in [4.78, 5) is 14.2. The lowest BCUT2D eigenvalue weighted by Crippen LogP contribution is -2.26. The lowest BCUT2D eigenvalue weighted by atomic mass is 10.1. The van der Waals surface area contributed by atoms with Gasteiger partial charge in [0.15, 0.2) is 23.0 Å². The van der Waals surface area contributed by atoms with Crippen LogP contribution < -0.4 is 18.9 Å². The van der Waals surface area contributed by atoms with Gasteiger partial charge in [-0.15, -0.1) is 0 Å². The predicted octanol–water partition coefficient (Wildman–Crippen LogP) is 2.70. The van der Waals surface area contributed by atoms with E-state index in [2.05, 4.69) is 0 Å². The van der Waals surface area contributed by atoms with E-state index in [4.69, 9.17) is 18.9 Å². The molecule has 0 atom stereocenters. The molecule has 3 rings (SSSR count). The number of carbonyl (C=O) groups is 1. The largest absolute Gasteiger partial charge is 0.493 e. The minimum Gasteiger partial charge on any atom is -0.493 e. The molecule has 0 spiro atoms. The van der Waals surface area contributed by atoms with E-state index in [0.717, 1.165) is 5.56 Å². The molecule has 2 aromatic carbocycles. The third kappa shape index (κ3) is 3.08. The van der Waals surface area contributed by atoms with E-state index in [0.29, 0.717) is 35.1 Å². The smallest absolute Gasteiger partial charge is 0.254 e. The van der Waals surface area contributed by atoms with Gasteiger partial charge in [0, 0.05) is 19.2 Å². The molecule has 0 aliphatic carbocycles. The van der Waals surface area contributed by atoms with Gasteiger partial charge in [-0.2, -0.15) is 0 Å². The number of fused-ring (bicyclic) bond motifs is 1. The van der Waals surface area contributed by atoms with Crippen LogP contribution in [0.25, 0.3) is 0 Å². The fraction of sp³-hybridized carbons (Fsp3) is 0.278. The second kappa shape index (κ2) is 6.70. The standard InChI is InChI=1S/C18H19NO5/c1-19(10-12-4-6-14(21-2)16(8-12)22-3)18(20)13-5-7-15-17(9-13)24-11-23-15/h4-9H,10-11H2,1-3H3. The topological polar surface area (TPSA) is 57.2 Å². The molecule has 1 amide bonds. The van der Waals surface area contributed by atoms with E-state index in [-0.39, 0.29) is 12.7 Å². The molecule has 0 saturated heterocycles. The third-order valence-corrected chi connectivity index (χ3v) is 3.83. The number of rotatable bonds is 5. The molecule has 0 saturated carbocycles. The van der Waals surface area contributed by atoms with Gasteiger partial charge in [0.25, 0.3) is 5.91 Å². The number of nitrogens with zero attached hydrogens (tertiary/aromatic N) is 1. The number of amides is 1. The normalized spacial score (nSPS) is 12.0. The monoisotopic (exact) mass is 329 g/mol. The molecule has 0 aromatic heterocycles. The maximum absolute atomic E-state index is 12.6. The Morgan fingerprint density at radius 1 is 1.04 bits per heavy atom. The zero-order valence-corrected chi connectivity index (χ0v) is 13.9. The van der Waals surface area contributed by atoms with Crippen LogP contribution in [-0.2, 0) is 6.54 Å². The molecular weight excluding hydrogens is 310 g/mol. The zero-order chi connectivity index (χ0) is 17.1. The van der Waals surface area contributed by atoms with Crippen LogP contribution in [-0.4, -0.2) is 38.9 Å². The molecule has 0 unspecified atom stereocenters. The van der Waals surface area contributed by atoms with E-state index >= 15 is 0 Å². The molecule has 0 bridgehead atoms. The van der Waals surface area contributed by atoms with Crippen molar-refractivity contribution < 1.29 is 23.7 Å². The first-order chi connectivity index (χ1) is 11.6. The average Bonchev–Trinajstić information content (AvgIpc) is 3.08. The average molecular weight is 329 g/mol. The van der Waals surface area contributed by atoms with Gasteiger partial charge in [-0.1, -0.05) is 6.07 Å². The fourth-order valence-corrected chi connectivity index (χ4v) is 2.57. The zero-order valence-electron chi connectivity index (χ0n) is 13.9. The Hall–Kier alpha value is -2.89. The van der Waals surface area contributed by atoms with Gasteiger partial charge < -0.3 is 23.8 Å². The maximum Gasteiger partial charge on any atom is 0.254 e. The van der Waals surface area contributed by atoms with Crippen LogP contribution >= 0.6 is 0 Å². The van der Waals surface area contributed by atoms with Crippen LogP contribution in [0.3, 0.4) is 0 Å². The Balaban J connectivity index is 1.74. The quantitative estimate of drug-likeness (QED) is 0.844. The van der Waals surface area contributed by atoms with Crippen molar-refractivity contribution in [2.45, 2.75) is 6.54 Å². The van der Waals surface area contributed by atoms with E-state index in [1.807, 2.05) is 18.2 Å². The maximum atomic E-state index is 12.6. The number of ether oxygens (including phenoxy) is 4.